The van der Waals surface area contributed by atoms with Crippen LogP contribution in [0.15, 0.2) is 54.5 Å². The van der Waals surface area contributed by atoms with Crippen LogP contribution in [0.1, 0.15) is 64.9 Å². The fourth-order valence-corrected chi connectivity index (χ4v) is 5.91. The van der Waals surface area contributed by atoms with Crippen LogP contribution in [0.5, 0.6) is 0 Å². The van der Waals surface area contributed by atoms with Gasteiger partial charge in [0.2, 0.25) is 5.82 Å². The molecule has 0 radical (unpaired) electrons. The zero-order valence-corrected chi connectivity index (χ0v) is 21.2. The smallest absolute Gasteiger partial charge is 0.205 e. The first-order valence-electron chi connectivity index (χ1n) is 13.1. The van der Waals surface area contributed by atoms with Crippen molar-refractivity contribution in [2.75, 3.05) is 6.67 Å². The molecule has 3 heterocycles. The highest BCUT2D eigenvalue weighted by Crippen LogP contribution is 2.36. The zero-order valence-electron chi connectivity index (χ0n) is 21.2. The summed E-state index contributed by atoms with van der Waals surface area (Å²) in [4.78, 5) is 10.0. The van der Waals surface area contributed by atoms with Gasteiger partial charge in [-0.3, -0.25) is 4.98 Å². The molecule has 0 bridgehead atoms. The molecule has 35 heavy (non-hydrogen) atoms. The number of nitrogens with zero attached hydrogens (tertiary/aromatic N) is 6. The molecule has 1 aliphatic carbocycles. The maximum atomic E-state index is 4.84. The van der Waals surface area contributed by atoms with Crippen molar-refractivity contribution in [3.63, 3.8) is 0 Å². The molecule has 0 amide bonds. The SMILES string of the molecule is CCCCC1=CN(C2C(C)CCCC2C)CN1Cc1ccc(-c2ccccc2-c2nn[nH]n2)nc1. The van der Waals surface area contributed by atoms with Gasteiger partial charge in [-0.05, 0) is 54.4 Å². The van der Waals surface area contributed by atoms with E-state index in [4.69, 9.17) is 4.98 Å². The van der Waals surface area contributed by atoms with E-state index in [0.29, 0.717) is 11.9 Å². The van der Waals surface area contributed by atoms with Gasteiger partial charge in [-0.25, -0.2) is 0 Å². The molecule has 1 aromatic carbocycles. The van der Waals surface area contributed by atoms with Gasteiger partial charge >= 0.3 is 0 Å². The normalized spacial score (nSPS) is 22.5. The third-order valence-corrected chi connectivity index (χ3v) is 7.70. The van der Waals surface area contributed by atoms with Crippen LogP contribution in [0.4, 0.5) is 0 Å². The molecule has 5 rings (SSSR count). The summed E-state index contributed by atoms with van der Waals surface area (Å²) >= 11 is 0. The van der Waals surface area contributed by atoms with E-state index in [9.17, 15) is 0 Å². The largest absolute Gasteiger partial charge is 0.355 e. The van der Waals surface area contributed by atoms with Crippen molar-refractivity contribution in [3.05, 3.63) is 60.1 Å². The van der Waals surface area contributed by atoms with E-state index in [1.54, 1.807) is 0 Å². The Balaban J connectivity index is 1.33. The fourth-order valence-electron chi connectivity index (χ4n) is 5.91. The average Bonchev–Trinajstić information content (AvgIpc) is 3.54. The number of H-pyrrole nitrogens is 1. The number of benzene rings is 1. The van der Waals surface area contributed by atoms with Gasteiger partial charge in [0.05, 0.1) is 12.4 Å². The number of unbranched alkanes of at least 4 members (excludes halogenated alkanes) is 1. The molecule has 2 aromatic heterocycles. The number of tetrazole rings is 1. The van der Waals surface area contributed by atoms with E-state index in [1.807, 2.05) is 24.4 Å². The summed E-state index contributed by atoms with van der Waals surface area (Å²) < 4.78 is 0. The lowest BCUT2D eigenvalue weighted by Crippen LogP contribution is -2.44. The Labute approximate surface area is 208 Å². The standard InChI is InChI=1S/C28H37N7/c1-4-5-11-23-18-35(27-20(2)9-8-10-21(27)3)19-34(23)17-22-14-15-26(29-16-22)24-12-6-7-13-25(24)28-30-32-33-31-28/h6-7,12-16,18,20-21,27H,4-5,8-11,17,19H2,1-3H3,(H,30,31,32,33). The third-order valence-electron chi connectivity index (χ3n) is 7.70. The lowest BCUT2D eigenvalue weighted by atomic mass is 9.78. The monoisotopic (exact) mass is 471 g/mol. The highest BCUT2D eigenvalue weighted by atomic mass is 15.5. The first-order chi connectivity index (χ1) is 17.1. The maximum Gasteiger partial charge on any atom is 0.205 e. The van der Waals surface area contributed by atoms with Crippen LogP contribution < -0.4 is 0 Å². The number of hydrogen-bond acceptors (Lipinski definition) is 6. The molecule has 7 nitrogen and oxygen atoms in total. The van der Waals surface area contributed by atoms with Crippen molar-refractivity contribution < 1.29 is 0 Å². The molecule has 0 spiro atoms. The molecule has 1 fully saturated rings. The Hall–Kier alpha value is -3.22. The molecular weight excluding hydrogens is 434 g/mol. The number of aromatic amines is 1. The first-order valence-corrected chi connectivity index (χ1v) is 13.1. The summed E-state index contributed by atoms with van der Waals surface area (Å²) in [6.45, 7) is 9.04. The van der Waals surface area contributed by atoms with Gasteiger partial charge in [0.15, 0.2) is 0 Å². The lowest BCUT2D eigenvalue weighted by Gasteiger charge is -2.41. The minimum Gasteiger partial charge on any atom is -0.355 e. The van der Waals surface area contributed by atoms with Gasteiger partial charge in [0.1, 0.15) is 0 Å². The summed E-state index contributed by atoms with van der Waals surface area (Å²) in [6.07, 6.45) is 12.2. The van der Waals surface area contributed by atoms with Crippen molar-refractivity contribution in [3.8, 4) is 22.6 Å². The van der Waals surface area contributed by atoms with Crippen molar-refractivity contribution in [1.82, 2.24) is 35.4 Å². The molecule has 1 aliphatic heterocycles. The van der Waals surface area contributed by atoms with Crippen LogP contribution in [0.3, 0.4) is 0 Å². The summed E-state index contributed by atoms with van der Waals surface area (Å²) in [7, 11) is 0. The Morgan fingerprint density at radius 2 is 1.83 bits per heavy atom. The maximum absolute atomic E-state index is 4.84. The molecule has 1 N–H and O–H groups in total. The van der Waals surface area contributed by atoms with Crippen LogP contribution in [0.2, 0.25) is 0 Å². The Kier molecular flexibility index (Phi) is 7.11. The first kappa shape index (κ1) is 23.5. The molecule has 2 atom stereocenters. The third kappa shape index (κ3) is 5.09. The summed E-state index contributed by atoms with van der Waals surface area (Å²) in [5.74, 6) is 2.09. The van der Waals surface area contributed by atoms with Crippen LogP contribution in [-0.2, 0) is 6.54 Å². The topological polar surface area (TPSA) is 73.8 Å². The predicted molar refractivity (Wildman–Crippen MR) is 139 cm³/mol. The highest BCUT2D eigenvalue weighted by Gasteiger charge is 2.35. The highest BCUT2D eigenvalue weighted by molar-refractivity contribution is 5.78. The average molecular weight is 472 g/mol. The summed E-state index contributed by atoms with van der Waals surface area (Å²) in [6, 6.07) is 13.0. The summed E-state index contributed by atoms with van der Waals surface area (Å²) in [5.41, 5.74) is 5.57. The minimum atomic E-state index is 0.584. The number of hydrogen-bond donors (Lipinski definition) is 1. The number of aromatic nitrogens is 5. The van der Waals surface area contributed by atoms with E-state index >= 15 is 0 Å². The molecular formula is C28H37N7. The quantitative estimate of drug-likeness (QED) is 0.444. The van der Waals surface area contributed by atoms with Gasteiger partial charge in [-0.2, -0.15) is 5.21 Å². The van der Waals surface area contributed by atoms with Crippen LogP contribution in [0.25, 0.3) is 22.6 Å². The molecule has 7 heteroatoms. The molecule has 184 valence electrons. The van der Waals surface area contributed by atoms with Gasteiger partial charge in [0, 0.05) is 41.8 Å². The van der Waals surface area contributed by atoms with Crippen LogP contribution >= 0.6 is 0 Å². The number of allylic oxidation sites excluding steroid dienone is 1. The van der Waals surface area contributed by atoms with E-state index in [0.717, 1.165) is 48.3 Å². The van der Waals surface area contributed by atoms with Gasteiger partial charge in [-0.15, -0.1) is 10.2 Å². The summed E-state index contributed by atoms with van der Waals surface area (Å²) in [5, 5.41) is 14.6. The lowest BCUT2D eigenvalue weighted by molar-refractivity contribution is 0.0876. The number of pyridine rings is 1. The van der Waals surface area contributed by atoms with Gasteiger partial charge in [-0.1, -0.05) is 63.9 Å². The van der Waals surface area contributed by atoms with Crippen LogP contribution in [-0.4, -0.2) is 48.1 Å². The van der Waals surface area contributed by atoms with E-state index in [2.05, 4.69) is 75.6 Å². The second-order valence-corrected chi connectivity index (χ2v) is 10.3. The second-order valence-electron chi connectivity index (χ2n) is 10.3. The Morgan fingerprint density at radius 1 is 1.03 bits per heavy atom. The second kappa shape index (κ2) is 10.6. The van der Waals surface area contributed by atoms with E-state index < -0.39 is 0 Å². The Bertz CT molecular complexity index is 1110. The molecule has 1 saturated carbocycles. The number of rotatable bonds is 8. The van der Waals surface area contributed by atoms with Crippen LogP contribution in [0, 0.1) is 11.8 Å². The van der Waals surface area contributed by atoms with Gasteiger partial charge in [0.25, 0.3) is 0 Å². The molecule has 2 aliphatic rings. The fraction of sp³-hybridized carbons (Fsp3) is 0.500. The molecule has 2 unspecified atom stereocenters. The molecule has 3 aromatic rings. The van der Waals surface area contributed by atoms with E-state index in [-0.39, 0.29) is 0 Å². The molecule has 0 saturated heterocycles. The van der Waals surface area contributed by atoms with Gasteiger partial charge < -0.3 is 9.80 Å². The predicted octanol–water partition coefficient (Wildman–Crippen LogP) is 5.86. The van der Waals surface area contributed by atoms with Crippen molar-refractivity contribution >= 4 is 0 Å². The van der Waals surface area contributed by atoms with Crippen molar-refractivity contribution in [2.45, 2.75) is 71.9 Å². The van der Waals surface area contributed by atoms with Crippen molar-refractivity contribution in [1.29, 1.82) is 0 Å². The van der Waals surface area contributed by atoms with E-state index in [1.165, 1.54) is 43.4 Å². The minimum absolute atomic E-state index is 0.584. The zero-order chi connectivity index (χ0) is 24.2. The van der Waals surface area contributed by atoms with Crippen molar-refractivity contribution in [2.24, 2.45) is 11.8 Å². The Morgan fingerprint density at radius 3 is 2.51 bits per heavy atom. The number of nitrogens with one attached hydrogen (secondary N) is 1.